The zero-order valence-corrected chi connectivity index (χ0v) is 9.69. The lowest BCUT2D eigenvalue weighted by molar-refractivity contribution is 0.196. The van der Waals surface area contributed by atoms with Gasteiger partial charge in [0.1, 0.15) is 5.75 Å². The van der Waals surface area contributed by atoms with Gasteiger partial charge in [-0.15, -0.1) is 0 Å². The van der Waals surface area contributed by atoms with Crippen molar-refractivity contribution in [2.24, 2.45) is 0 Å². The zero-order valence-electron chi connectivity index (χ0n) is 9.69. The Hall–Kier alpha value is -1.22. The highest BCUT2D eigenvalue weighted by atomic mass is 16.5. The molecule has 15 heavy (non-hydrogen) atoms. The lowest BCUT2D eigenvalue weighted by Gasteiger charge is -2.21. The molecular weight excluding hydrogens is 190 g/mol. The van der Waals surface area contributed by atoms with Crippen LogP contribution in [0.25, 0.3) is 0 Å². The van der Waals surface area contributed by atoms with Gasteiger partial charge in [0.05, 0.1) is 12.8 Å². The predicted molar refractivity (Wildman–Crippen MR) is 62.8 cm³/mol. The maximum absolute atomic E-state index is 5.30. The fraction of sp³-hybridized carbons (Fsp3) is 0.500. The van der Waals surface area contributed by atoms with Gasteiger partial charge in [0.2, 0.25) is 0 Å². The summed E-state index contributed by atoms with van der Waals surface area (Å²) in [6.07, 6.45) is 1.02. The third-order valence-electron chi connectivity index (χ3n) is 2.34. The van der Waals surface area contributed by atoms with E-state index >= 15 is 0 Å². The van der Waals surface area contributed by atoms with E-state index in [0.29, 0.717) is 0 Å². The number of hydrogen-bond acceptors (Lipinski definition) is 3. The third kappa shape index (κ3) is 3.44. The molecule has 1 aromatic rings. The van der Waals surface area contributed by atoms with Crippen molar-refractivity contribution in [3.63, 3.8) is 0 Å². The lowest BCUT2D eigenvalue weighted by Crippen LogP contribution is -2.20. The Labute approximate surface area is 91.6 Å². The Kier molecular flexibility index (Phi) is 4.98. The second-order valence-corrected chi connectivity index (χ2v) is 3.44. The molecule has 84 valence electrons. The fourth-order valence-corrected chi connectivity index (χ4v) is 1.51. The average molecular weight is 209 g/mol. The molecule has 3 heteroatoms. The summed E-state index contributed by atoms with van der Waals surface area (Å²) in [7, 11) is 5.48. The van der Waals surface area contributed by atoms with E-state index in [4.69, 9.17) is 9.47 Å². The molecule has 0 atom stereocenters. The molecule has 0 amide bonds. The van der Waals surface area contributed by atoms with E-state index in [1.807, 2.05) is 18.2 Å². The Balaban J connectivity index is 2.59. The van der Waals surface area contributed by atoms with Crippen molar-refractivity contribution in [3.05, 3.63) is 24.3 Å². The molecule has 0 spiro atoms. The Morgan fingerprint density at radius 1 is 1.20 bits per heavy atom. The van der Waals surface area contributed by atoms with Crippen LogP contribution >= 0.6 is 0 Å². The Morgan fingerprint density at radius 2 is 1.93 bits per heavy atom. The highest BCUT2D eigenvalue weighted by molar-refractivity contribution is 5.57. The van der Waals surface area contributed by atoms with Gasteiger partial charge in [-0.3, -0.25) is 0 Å². The minimum absolute atomic E-state index is 0.791. The van der Waals surface area contributed by atoms with Gasteiger partial charge in [-0.25, -0.2) is 0 Å². The first kappa shape index (κ1) is 11.9. The molecule has 0 aliphatic carbocycles. The van der Waals surface area contributed by atoms with Crippen molar-refractivity contribution in [3.8, 4) is 5.75 Å². The predicted octanol–water partition coefficient (Wildman–Crippen LogP) is 2.17. The molecule has 0 aromatic heterocycles. The van der Waals surface area contributed by atoms with Crippen LogP contribution in [-0.4, -0.2) is 34.4 Å². The summed E-state index contributed by atoms with van der Waals surface area (Å²) in [4.78, 5) is 2.18. The van der Waals surface area contributed by atoms with Crippen molar-refractivity contribution >= 4 is 5.69 Å². The van der Waals surface area contributed by atoms with E-state index in [-0.39, 0.29) is 0 Å². The van der Waals surface area contributed by atoms with Crippen molar-refractivity contribution < 1.29 is 9.47 Å². The Bertz CT molecular complexity index is 289. The quantitative estimate of drug-likeness (QED) is 0.670. The summed E-state index contributed by atoms with van der Waals surface area (Å²) in [6, 6.07) is 8.03. The molecule has 0 bridgehead atoms. The number of rotatable bonds is 6. The minimum Gasteiger partial charge on any atom is -0.495 e. The van der Waals surface area contributed by atoms with Crippen LogP contribution in [0.1, 0.15) is 6.42 Å². The van der Waals surface area contributed by atoms with Gasteiger partial charge >= 0.3 is 0 Å². The summed E-state index contributed by atoms with van der Waals surface area (Å²) in [5.41, 5.74) is 1.12. The normalized spacial score (nSPS) is 10.1. The van der Waals surface area contributed by atoms with Gasteiger partial charge in [0.15, 0.2) is 0 Å². The number of para-hydroxylation sites is 2. The molecule has 0 unspecified atom stereocenters. The van der Waals surface area contributed by atoms with E-state index in [1.54, 1.807) is 14.2 Å². The third-order valence-corrected chi connectivity index (χ3v) is 2.34. The summed E-state index contributed by atoms with van der Waals surface area (Å²) >= 11 is 0. The van der Waals surface area contributed by atoms with Crippen molar-refractivity contribution in [1.29, 1.82) is 0 Å². The standard InChI is InChI=1S/C12H19NO2/c1-13(9-6-10-14-2)11-7-4-5-8-12(11)15-3/h4-5,7-8H,6,9-10H2,1-3H3. The maximum Gasteiger partial charge on any atom is 0.142 e. The molecule has 0 saturated carbocycles. The van der Waals surface area contributed by atoms with Crippen LogP contribution in [0.2, 0.25) is 0 Å². The van der Waals surface area contributed by atoms with Crippen LogP contribution in [0.15, 0.2) is 24.3 Å². The van der Waals surface area contributed by atoms with E-state index in [9.17, 15) is 0 Å². The number of anilines is 1. The number of nitrogens with zero attached hydrogens (tertiary/aromatic N) is 1. The molecule has 3 nitrogen and oxygen atoms in total. The van der Waals surface area contributed by atoms with E-state index < -0.39 is 0 Å². The molecule has 1 aromatic carbocycles. The van der Waals surface area contributed by atoms with Crippen LogP contribution < -0.4 is 9.64 Å². The van der Waals surface area contributed by atoms with Gasteiger partial charge in [0.25, 0.3) is 0 Å². The topological polar surface area (TPSA) is 21.7 Å². The first-order valence-electron chi connectivity index (χ1n) is 5.12. The molecule has 0 aliphatic heterocycles. The summed E-state index contributed by atoms with van der Waals surface area (Å²) in [5, 5.41) is 0. The van der Waals surface area contributed by atoms with E-state index in [0.717, 1.165) is 31.0 Å². The molecule has 0 heterocycles. The maximum atomic E-state index is 5.30. The van der Waals surface area contributed by atoms with Gasteiger partial charge in [-0.05, 0) is 18.6 Å². The largest absolute Gasteiger partial charge is 0.495 e. The van der Waals surface area contributed by atoms with Gasteiger partial charge < -0.3 is 14.4 Å². The van der Waals surface area contributed by atoms with Crippen LogP contribution in [0.3, 0.4) is 0 Å². The van der Waals surface area contributed by atoms with Crippen molar-refractivity contribution in [2.45, 2.75) is 6.42 Å². The van der Waals surface area contributed by atoms with Crippen LogP contribution in [0, 0.1) is 0 Å². The summed E-state index contributed by atoms with van der Waals surface area (Å²) in [6.45, 7) is 1.76. The monoisotopic (exact) mass is 209 g/mol. The number of ether oxygens (including phenoxy) is 2. The highest BCUT2D eigenvalue weighted by Gasteiger charge is 2.05. The Morgan fingerprint density at radius 3 is 2.60 bits per heavy atom. The van der Waals surface area contributed by atoms with Crippen LogP contribution in [0.5, 0.6) is 5.75 Å². The van der Waals surface area contributed by atoms with E-state index in [2.05, 4.69) is 18.0 Å². The minimum atomic E-state index is 0.791. The van der Waals surface area contributed by atoms with Crippen molar-refractivity contribution in [1.82, 2.24) is 0 Å². The smallest absolute Gasteiger partial charge is 0.142 e. The molecule has 0 fully saturated rings. The molecular formula is C12H19NO2. The van der Waals surface area contributed by atoms with Crippen LogP contribution in [0.4, 0.5) is 5.69 Å². The number of methoxy groups -OCH3 is 2. The molecule has 0 saturated heterocycles. The zero-order chi connectivity index (χ0) is 11.1. The van der Waals surface area contributed by atoms with Gasteiger partial charge in [-0.1, -0.05) is 12.1 Å². The molecule has 0 radical (unpaired) electrons. The van der Waals surface area contributed by atoms with Crippen molar-refractivity contribution in [2.75, 3.05) is 39.3 Å². The highest BCUT2D eigenvalue weighted by Crippen LogP contribution is 2.26. The number of benzene rings is 1. The first-order chi connectivity index (χ1) is 7.29. The number of hydrogen-bond donors (Lipinski definition) is 0. The molecule has 0 aliphatic rings. The average Bonchev–Trinajstić information content (AvgIpc) is 2.29. The van der Waals surface area contributed by atoms with E-state index in [1.165, 1.54) is 0 Å². The fourth-order valence-electron chi connectivity index (χ4n) is 1.51. The second kappa shape index (κ2) is 6.30. The second-order valence-electron chi connectivity index (χ2n) is 3.44. The summed E-state index contributed by atoms with van der Waals surface area (Å²) < 4.78 is 10.3. The molecule has 1 rings (SSSR count). The molecule has 0 N–H and O–H groups in total. The first-order valence-corrected chi connectivity index (χ1v) is 5.12. The SMILES string of the molecule is COCCCN(C)c1ccccc1OC. The summed E-state index contributed by atoms with van der Waals surface area (Å²) in [5.74, 6) is 0.914. The van der Waals surface area contributed by atoms with Gasteiger partial charge in [0, 0.05) is 27.3 Å². The van der Waals surface area contributed by atoms with Crippen LogP contribution in [-0.2, 0) is 4.74 Å². The lowest BCUT2D eigenvalue weighted by atomic mass is 10.2. The van der Waals surface area contributed by atoms with Gasteiger partial charge in [-0.2, -0.15) is 0 Å².